The molecule has 0 aromatic heterocycles. The van der Waals surface area contributed by atoms with Gasteiger partial charge in [-0.25, -0.2) is 4.39 Å². The SMILES string of the molecule is CC(C)NC(=O)[C@@H](C)N(Cc1ccc(Cl)c(Cl)c1)C(=O)Cc1ccc(F)cc1. The summed E-state index contributed by atoms with van der Waals surface area (Å²) in [6, 6.07) is 10.1. The first kappa shape index (κ1) is 22.2. The molecule has 28 heavy (non-hydrogen) atoms. The lowest BCUT2D eigenvalue weighted by molar-refractivity contribution is -0.140. The minimum atomic E-state index is -0.690. The molecule has 0 unspecified atom stereocenters. The van der Waals surface area contributed by atoms with Gasteiger partial charge in [0.1, 0.15) is 11.9 Å². The van der Waals surface area contributed by atoms with Gasteiger partial charge in [-0.05, 0) is 56.2 Å². The van der Waals surface area contributed by atoms with Crippen molar-refractivity contribution < 1.29 is 14.0 Å². The number of nitrogens with zero attached hydrogens (tertiary/aromatic N) is 1. The summed E-state index contributed by atoms with van der Waals surface area (Å²) in [6.45, 7) is 5.59. The number of amides is 2. The predicted octanol–water partition coefficient (Wildman–Crippen LogP) is 4.62. The number of nitrogens with one attached hydrogen (secondary N) is 1. The average Bonchev–Trinajstić information content (AvgIpc) is 2.63. The number of halogens is 3. The van der Waals surface area contributed by atoms with Crippen LogP contribution >= 0.6 is 23.2 Å². The molecule has 0 aliphatic rings. The van der Waals surface area contributed by atoms with Crippen LogP contribution in [0.3, 0.4) is 0 Å². The lowest BCUT2D eigenvalue weighted by Crippen LogP contribution is -2.49. The van der Waals surface area contributed by atoms with E-state index in [-0.39, 0.29) is 36.6 Å². The third-order valence-corrected chi connectivity index (χ3v) is 4.94. The van der Waals surface area contributed by atoms with Crippen LogP contribution < -0.4 is 5.32 Å². The van der Waals surface area contributed by atoms with Gasteiger partial charge in [-0.15, -0.1) is 0 Å². The Morgan fingerprint density at radius 1 is 1.00 bits per heavy atom. The highest BCUT2D eigenvalue weighted by atomic mass is 35.5. The number of carbonyl (C=O) groups excluding carboxylic acids is 2. The van der Waals surface area contributed by atoms with Gasteiger partial charge in [-0.1, -0.05) is 41.4 Å². The minimum Gasteiger partial charge on any atom is -0.352 e. The van der Waals surface area contributed by atoms with Crippen molar-refractivity contribution in [2.24, 2.45) is 0 Å². The van der Waals surface area contributed by atoms with E-state index in [1.165, 1.54) is 17.0 Å². The van der Waals surface area contributed by atoms with E-state index >= 15 is 0 Å². The number of rotatable bonds is 7. The molecule has 0 bridgehead atoms. The zero-order valence-corrected chi connectivity index (χ0v) is 17.5. The fourth-order valence-corrected chi connectivity index (χ4v) is 3.02. The van der Waals surface area contributed by atoms with Gasteiger partial charge in [0, 0.05) is 12.6 Å². The molecular weight excluding hydrogens is 402 g/mol. The van der Waals surface area contributed by atoms with Crippen LogP contribution in [0.2, 0.25) is 10.0 Å². The highest BCUT2D eigenvalue weighted by Gasteiger charge is 2.26. The van der Waals surface area contributed by atoms with Crippen LogP contribution in [0, 0.1) is 5.82 Å². The zero-order chi connectivity index (χ0) is 20.8. The molecule has 2 aromatic carbocycles. The van der Waals surface area contributed by atoms with E-state index in [2.05, 4.69) is 5.32 Å². The lowest BCUT2D eigenvalue weighted by Gasteiger charge is -2.29. The van der Waals surface area contributed by atoms with E-state index < -0.39 is 6.04 Å². The Kier molecular flexibility index (Phi) is 7.84. The minimum absolute atomic E-state index is 0.0472. The Bertz CT molecular complexity index is 841. The molecule has 4 nitrogen and oxygen atoms in total. The molecule has 0 saturated carbocycles. The highest BCUT2D eigenvalue weighted by Crippen LogP contribution is 2.24. The Balaban J connectivity index is 2.25. The summed E-state index contributed by atoms with van der Waals surface area (Å²) in [5.41, 5.74) is 1.42. The molecule has 0 aliphatic carbocycles. The third kappa shape index (κ3) is 6.21. The number of benzene rings is 2. The van der Waals surface area contributed by atoms with Crippen molar-refractivity contribution >= 4 is 35.0 Å². The van der Waals surface area contributed by atoms with Crippen LogP contribution in [0.25, 0.3) is 0 Å². The van der Waals surface area contributed by atoms with Crippen LogP contribution in [0.1, 0.15) is 31.9 Å². The maximum absolute atomic E-state index is 13.1. The van der Waals surface area contributed by atoms with Gasteiger partial charge >= 0.3 is 0 Å². The van der Waals surface area contributed by atoms with E-state index in [4.69, 9.17) is 23.2 Å². The van der Waals surface area contributed by atoms with Gasteiger partial charge < -0.3 is 10.2 Å². The molecule has 150 valence electrons. The van der Waals surface area contributed by atoms with Gasteiger partial charge in [0.25, 0.3) is 0 Å². The van der Waals surface area contributed by atoms with Crippen LogP contribution in [0.5, 0.6) is 0 Å². The second-order valence-corrected chi connectivity index (χ2v) is 7.73. The van der Waals surface area contributed by atoms with Crippen molar-refractivity contribution in [2.75, 3.05) is 0 Å². The van der Waals surface area contributed by atoms with E-state index in [1.54, 1.807) is 37.3 Å². The topological polar surface area (TPSA) is 49.4 Å². The molecule has 1 N–H and O–H groups in total. The lowest BCUT2D eigenvalue weighted by atomic mass is 10.1. The summed E-state index contributed by atoms with van der Waals surface area (Å²) in [4.78, 5) is 27.0. The molecule has 0 saturated heterocycles. The first-order valence-corrected chi connectivity index (χ1v) is 9.71. The largest absolute Gasteiger partial charge is 0.352 e. The van der Waals surface area contributed by atoms with Crippen molar-refractivity contribution in [3.63, 3.8) is 0 Å². The average molecular weight is 425 g/mol. The zero-order valence-electron chi connectivity index (χ0n) is 16.0. The van der Waals surface area contributed by atoms with Crippen LogP contribution in [-0.4, -0.2) is 28.8 Å². The molecular formula is C21H23Cl2FN2O2. The molecule has 1 atom stereocenters. The second-order valence-electron chi connectivity index (χ2n) is 6.91. The van der Waals surface area contributed by atoms with Crippen molar-refractivity contribution in [2.45, 2.75) is 45.8 Å². The van der Waals surface area contributed by atoms with Gasteiger partial charge in [0.15, 0.2) is 0 Å². The normalized spacial score (nSPS) is 12.0. The summed E-state index contributed by atoms with van der Waals surface area (Å²) < 4.78 is 13.1. The summed E-state index contributed by atoms with van der Waals surface area (Å²) >= 11 is 12.0. The van der Waals surface area contributed by atoms with Crippen molar-refractivity contribution in [1.29, 1.82) is 0 Å². The summed E-state index contributed by atoms with van der Waals surface area (Å²) in [7, 11) is 0. The molecule has 7 heteroatoms. The fraction of sp³-hybridized carbons (Fsp3) is 0.333. The quantitative estimate of drug-likeness (QED) is 0.704. The molecule has 0 aliphatic heterocycles. The second kappa shape index (κ2) is 9.89. The van der Waals surface area contributed by atoms with Gasteiger partial charge in [-0.2, -0.15) is 0 Å². The first-order valence-electron chi connectivity index (χ1n) is 8.95. The molecule has 0 radical (unpaired) electrons. The summed E-state index contributed by atoms with van der Waals surface area (Å²) in [6.07, 6.45) is 0.0564. The molecule has 0 fully saturated rings. The third-order valence-electron chi connectivity index (χ3n) is 4.20. The molecule has 2 aromatic rings. The maximum atomic E-state index is 13.1. The van der Waals surface area contributed by atoms with Crippen LogP contribution in [0.4, 0.5) is 4.39 Å². The van der Waals surface area contributed by atoms with Crippen LogP contribution in [0.15, 0.2) is 42.5 Å². The van der Waals surface area contributed by atoms with Gasteiger partial charge in [0.05, 0.1) is 16.5 Å². The Morgan fingerprint density at radius 2 is 1.61 bits per heavy atom. The van der Waals surface area contributed by atoms with Crippen molar-refractivity contribution in [3.8, 4) is 0 Å². The standard InChI is InChI=1S/C21H23Cl2FN2O2/c1-13(2)25-21(28)14(3)26(12-16-6-9-18(22)19(23)10-16)20(27)11-15-4-7-17(24)8-5-15/h4-10,13-14H,11-12H2,1-3H3,(H,25,28)/t14-/m1/s1. The Labute approximate surface area is 174 Å². The molecule has 0 spiro atoms. The van der Waals surface area contributed by atoms with Crippen molar-refractivity contribution in [1.82, 2.24) is 10.2 Å². The maximum Gasteiger partial charge on any atom is 0.242 e. The number of hydrogen-bond donors (Lipinski definition) is 1. The van der Waals surface area contributed by atoms with Crippen LogP contribution in [-0.2, 0) is 22.6 Å². The Morgan fingerprint density at radius 3 is 2.18 bits per heavy atom. The smallest absolute Gasteiger partial charge is 0.242 e. The van der Waals surface area contributed by atoms with Crippen molar-refractivity contribution in [3.05, 3.63) is 69.5 Å². The van der Waals surface area contributed by atoms with E-state index in [0.717, 1.165) is 5.56 Å². The molecule has 2 amide bonds. The molecule has 2 rings (SSSR count). The predicted molar refractivity (Wildman–Crippen MR) is 110 cm³/mol. The summed E-state index contributed by atoms with van der Waals surface area (Å²) in [5, 5.41) is 3.62. The van der Waals surface area contributed by atoms with E-state index in [0.29, 0.717) is 15.6 Å². The number of carbonyl (C=O) groups is 2. The summed E-state index contributed by atoms with van der Waals surface area (Å²) in [5.74, 6) is -0.861. The van der Waals surface area contributed by atoms with E-state index in [1.807, 2.05) is 13.8 Å². The molecule has 0 heterocycles. The van der Waals surface area contributed by atoms with Gasteiger partial charge in [-0.3, -0.25) is 9.59 Å². The highest BCUT2D eigenvalue weighted by molar-refractivity contribution is 6.42. The van der Waals surface area contributed by atoms with E-state index in [9.17, 15) is 14.0 Å². The fourth-order valence-electron chi connectivity index (χ4n) is 2.70. The monoisotopic (exact) mass is 424 g/mol. The van der Waals surface area contributed by atoms with Gasteiger partial charge in [0.2, 0.25) is 11.8 Å². The Hall–Kier alpha value is -2.11. The number of hydrogen-bond acceptors (Lipinski definition) is 2. The first-order chi connectivity index (χ1) is 13.2.